The van der Waals surface area contributed by atoms with Crippen molar-refractivity contribution in [1.29, 1.82) is 0 Å². The van der Waals surface area contributed by atoms with E-state index < -0.39 is 23.8 Å². The first-order valence-corrected chi connectivity index (χ1v) is 5.73. The lowest BCUT2D eigenvalue weighted by Crippen LogP contribution is -2.56. The van der Waals surface area contributed by atoms with Gasteiger partial charge in [-0.3, -0.25) is 0 Å². The highest BCUT2D eigenvalue weighted by atomic mass is 16.6. The molecule has 94 valence electrons. The fourth-order valence-corrected chi connectivity index (χ4v) is 1.83. The first-order chi connectivity index (χ1) is 7.29. The Morgan fingerprint density at radius 2 is 2.06 bits per heavy atom. The third-order valence-electron chi connectivity index (χ3n) is 2.63. The van der Waals surface area contributed by atoms with Gasteiger partial charge in [-0.05, 0) is 40.0 Å². The molecular weight excluding hydrogens is 208 g/mol. The Labute approximate surface area is 96.3 Å². The summed E-state index contributed by atoms with van der Waals surface area (Å²) < 4.78 is 5.14. The molecule has 1 aliphatic rings. The predicted octanol–water partition coefficient (Wildman–Crippen LogP) is 0.752. The van der Waals surface area contributed by atoms with Crippen LogP contribution in [0.4, 0.5) is 4.79 Å². The number of nitrogens with one attached hydrogen (secondary N) is 1. The standard InChI is InChI=1S/C11H22N2O3/c1-11(2,3)16-10(15)13-7-5-4-6-8(14)9(7)12/h7-9,14H,4-6,12H2,1-3H3,(H,13,15). The number of carbonyl (C=O) groups is 1. The fraction of sp³-hybridized carbons (Fsp3) is 0.909. The Hall–Kier alpha value is -0.810. The molecule has 1 amide bonds. The summed E-state index contributed by atoms with van der Waals surface area (Å²) in [6.07, 6.45) is 1.36. The van der Waals surface area contributed by atoms with Crippen LogP contribution >= 0.6 is 0 Å². The van der Waals surface area contributed by atoms with E-state index in [9.17, 15) is 9.90 Å². The molecule has 0 aliphatic heterocycles. The molecule has 1 rings (SSSR count). The smallest absolute Gasteiger partial charge is 0.407 e. The van der Waals surface area contributed by atoms with Gasteiger partial charge in [0.05, 0.1) is 12.1 Å². The predicted molar refractivity (Wildman–Crippen MR) is 61.0 cm³/mol. The van der Waals surface area contributed by atoms with Crippen molar-refractivity contribution in [2.75, 3.05) is 0 Å². The second-order valence-electron chi connectivity index (χ2n) is 5.33. The number of ether oxygens (including phenoxy) is 1. The second-order valence-corrected chi connectivity index (χ2v) is 5.33. The molecule has 3 atom stereocenters. The Bertz CT molecular complexity index is 250. The average Bonchev–Trinajstić information content (AvgIpc) is 2.09. The minimum absolute atomic E-state index is 0.196. The normalized spacial score (nSPS) is 30.9. The first-order valence-electron chi connectivity index (χ1n) is 5.73. The molecule has 0 aromatic carbocycles. The number of aliphatic hydroxyl groups is 1. The van der Waals surface area contributed by atoms with Crippen molar-refractivity contribution >= 4 is 6.09 Å². The van der Waals surface area contributed by atoms with Crippen molar-refractivity contribution in [1.82, 2.24) is 5.32 Å². The quantitative estimate of drug-likeness (QED) is 0.620. The third kappa shape index (κ3) is 3.98. The summed E-state index contributed by atoms with van der Waals surface area (Å²) in [5.74, 6) is 0. The first kappa shape index (κ1) is 13.3. The number of carbonyl (C=O) groups excluding carboxylic acids is 1. The van der Waals surface area contributed by atoms with Gasteiger partial charge in [-0.25, -0.2) is 4.79 Å². The lowest BCUT2D eigenvalue weighted by atomic mass is 9.88. The number of amides is 1. The van der Waals surface area contributed by atoms with Gasteiger partial charge in [0, 0.05) is 6.04 Å². The highest BCUT2D eigenvalue weighted by Gasteiger charge is 2.31. The molecule has 0 aromatic heterocycles. The Morgan fingerprint density at radius 3 is 2.62 bits per heavy atom. The van der Waals surface area contributed by atoms with Crippen LogP contribution < -0.4 is 11.1 Å². The lowest BCUT2D eigenvalue weighted by molar-refractivity contribution is 0.0413. The topological polar surface area (TPSA) is 84.6 Å². The van der Waals surface area contributed by atoms with E-state index in [4.69, 9.17) is 10.5 Å². The summed E-state index contributed by atoms with van der Waals surface area (Å²) in [4.78, 5) is 11.5. The van der Waals surface area contributed by atoms with Gasteiger partial charge in [0.2, 0.25) is 0 Å². The van der Waals surface area contributed by atoms with Crippen molar-refractivity contribution < 1.29 is 14.6 Å². The molecule has 16 heavy (non-hydrogen) atoms. The summed E-state index contributed by atoms with van der Waals surface area (Å²) in [6.45, 7) is 5.42. The largest absolute Gasteiger partial charge is 0.444 e. The molecule has 0 bridgehead atoms. The number of hydrogen-bond acceptors (Lipinski definition) is 4. The highest BCUT2D eigenvalue weighted by Crippen LogP contribution is 2.18. The van der Waals surface area contributed by atoms with Crippen LogP contribution in [0.3, 0.4) is 0 Å². The van der Waals surface area contributed by atoms with Crippen LogP contribution in [0.15, 0.2) is 0 Å². The number of rotatable bonds is 1. The van der Waals surface area contributed by atoms with Gasteiger partial charge in [0.25, 0.3) is 0 Å². The van der Waals surface area contributed by atoms with Crippen LogP contribution in [0.5, 0.6) is 0 Å². The molecule has 0 heterocycles. The van der Waals surface area contributed by atoms with Gasteiger partial charge < -0.3 is 20.9 Å². The van der Waals surface area contributed by atoms with Gasteiger partial charge in [0.1, 0.15) is 5.60 Å². The van der Waals surface area contributed by atoms with Crippen molar-refractivity contribution in [2.45, 2.75) is 63.8 Å². The SMILES string of the molecule is CC(C)(C)OC(=O)NC1CCCC(O)C1N. The Balaban J connectivity index is 2.44. The monoisotopic (exact) mass is 230 g/mol. The van der Waals surface area contributed by atoms with E-state index in [1.807, 2.05) is 20.8 Å². The lowest BCUT2D eigenvalue weighted by Gasteiger charge is -2.33. The van der Waals surface area contributed by atoms with Gasteiger partial charge in [-0.2, -0.15) is 0 Å². The zero-order valence-corrected chi connectivity index (χ0v) is 10.2. The summed E-state index contributed by atoms with van der Waals surface area (Å²) in [5, 5.41) is 12.3. The van der Waals surface area contributed by atoms with Gasteiger partial charge in [0.15, 0.2) is 0 Å². The average molecular weight is 230 g/mol. The zero-order valence-electron chi connectivity index (χ0n) is 10.2. The van der Waals surface area contributed by atoms with Crippen molar-refractivity contribution in [3.8, 4) is 0 Å². The van der Waals surface area contributed by atoms with Crippen LogP contribution in [0.2, 0.25) is 0 Å². The van der Waals surface area contributed by atoms with Crippen LogP contribution in [0.1, 0.15) is 40.0 Å². The number of hydrogen-bond donors (Lipinski definition) is 3. The molecule has 0 radical (unpaired) electrons. The fourth-order valence-electron chi connectivity index (χ4n) is 1.83. The third-order valence-corrected chi connectivity index (χ3v) is 2.63. The zero-order chi connectivity index (χ0) is 12.3. The maximum Gasteiger partial charge on any atom is 0.407 e. The number of nitrogens with two attached hydrogens (primary N) is 1. The molecular formula is C11H22N2O3. The maximum atomic E-state index is 11.5. The van der Waals surface area contributed by atoms with Crippen molar-refractivity contribution in [3.63, 3.8) is 0 Å². The summed E-state index contributed by atoms with van der Waals surface area (Å²) >= 11 is 0. The van der Waals surface area contributed by atoms with Crippen LogP contribution in [-0.2, 0) is 4.74 Å². The molecule has 1 saturated carbocycles. The van der Waals surface area contributed by atoms with Crippen LogP contribution in [0.25, 0.3) is 0 Å². The second kappa shape index (κ2) is 5.01. The highest BCUT2D eigenvalue weighted by molar-refractivity contribution is 5.68. The minimum atomic E-state index is -0.534. The molecule has 1 aliphatic carbocycles. The minimum Gasteiger partial charge on any atom is -0.444 e. The van der Waals surface area contributed by atoms with E-state index in [1.165, 1.54) is 0 Å². The molecule has 0 aromatic rings. The van der Waals surface area contributed by atoms with Crippen LogP contribution in [0, 0.1) is 0 Å². The van der Waals surface area contributed by atoms with E-state index in [0.29, 0.717) is 6.42 Å². The summed E-state index contributed by atoms with van der Waals surface area (Å²) in [6, 6.07) is -0.597. The van der Waals surface area contributed by atoms with Gasteiger partial charge >= 0.3 is 6.09 Å². The van der Waals surface area contributed by atoms with E-state index in [0.717, 1.165) is 12.8 Å². The van der Waals surface area contributed by atoms with E-state index in [1.54, 1.807) is 0 Å². The maximum absolute atomic E-state index is 11.5. The van der Waals surface area contributed by atoms with Gasteiger partial charge in [-0.1, -0.05) is 0 Å². The summed E-state index contributed by atoms with van der Waals surface area (Å²) in [7, 11) is 0. The molecule has 0 spiro atoms. The Kier molecular flexibility index (Phi) is 4.15. The Morgan fingerprint density at radius 1 is 1.44 bits per heavy atom. The van der Waals surface area contributed by atoms with Gasteiger partial charge in [-0.15, -0.1) is 0 Å². The molecule has 0 saturated heterocycles. The molecule has 4 N–H and O–H groups in total. The van der Waals surface area contributed by atoms with Crippen molar-refractivity contribution in [3.05, 3.63) is 0 Å². The summed E-state index contributed by atoms with van der Waals surface area (Å²) in [5.41, 5.74) is 5.30. The molecule has 5 heteroatoms. The van der Waals surface area contributed by atoms with E-state index in [2.05, 4.69) is 5.32 Å². The molecule has 5 nitrogen and oxygen atoms in total. The van der Waals surface area contributed by atoms with E-state index >= 15 is 0 Å². The number of alkyl carbamates (subject to hydrolysis) is 1. The molecule has 1 fully saturated rings. The van der Waals surface area contributed by atoms with E-state index in [-0.39, 0.29) is 6.04 Å². The van der Waals surface area contributed by atoms with Crippen molar-refractivity contribution in [2.24, 2.45) is 5.73 Å². The van der Waals surface area contributed by atoms with Crippen LogP contribution in [-0.4, -0.2) is 35.0 Å². The molecule has 3 unspecified atom stereocenters. The number of aliphatic hydroxyl groups excluding tert-OH is 1.